The van der Waals surface area contributed by atoms with Crippen LogP contribution in [-0.4, -0.2) is 38.3 Å². The van der Waals surface area contributed by atoms with Crippen LogP contribution in [0, 0.1) is 0 Å². The first kappa shape index (κ1) is 13.7. The summed E-state index contributed by atoms with van der Waals surface area (Å²) in [6.45, 7) is 2.69. The number of hydrogen-bond acceptors (Lipinski definition) is 4. The summed E-state index contributed by atoms with van der Waals surface area (Å²) < 4.78 is 5.92. The number of pyridine rings is 1. The van der Waals surface area contributed by atoms with E-state index in [0.29, 0.717) is 18.2 Å². The number of rotatable bonds is 6. The van der Waals surface area contributed by atoms with Crippen LogP contribution >= 0.6 is 27.5 Å². The Bertz CT molecular complexity index is 338. The number of nitrogens with two attached hydrogens (primary N) is 1. The van der Waals surface area contributed by atoms with Crippen molar-refractivity contribution in [2.75, 3.05) is 38.3 Å². The highest BCUT2D eigenvalue weighted by molar-refractivity contribution is 9.10. The first-order chi connectivity index (χ1) is 7.69. The van der Waals surface area contributed by atoms with E-state index >= 15 is 0 Å². The highest BCUT2D eigenvalue weighted by atomic mass is 79.9. The molecule has 0 spiro atoms. The molecule has 90 valence electrons. The first-order valence-electron chi connectivity index (χ1n) is 4.94. The molecule has 0 aromatic carbocycles. The molecular formula is C10H15BrClN3O. The molecule has 4 nitrogen and oxygen atoms in total. The van der Waals surface area contributed by atoms with Crippen LogP contribution in [0.25, 0.3) is 0 Å². The molecule has 1 aromatic heterocycles. The number of ether oxygens (including phenoxy) is 1. The Morgan fingerprint density at radius 1 is 1.56 bits per heavy atom. The smallest absolute Gasteiger partial charge is 0.143 e. The minimum absolute atomic E-state index is 0.570. The molecule has 0 atom stereocenters. The van der Waals surface area contributed by atoms with Gasteiger partial charge in [-0.15, -0.1) is 0 Å². The van der Waals surface area contributed by atoms with Gasteiger partial charge < -0.3 is 15.4 Å². The molecule has 1 aromatic rings. The minimum Gasteiger partial charge on any atom is -0.383 e. The van der Waals surface area contributed by atoms with Crippen LogP contribution < -0.4 is 10.6 Å². The Balaban J connectivity index is 2.82. The predicted octanol–water partition coefficient (Wildman–Crippen LogP) is 1.91. The lowest BCUT2D eigenvalue weighted by molar-refractivity contribution is 0.205. The van der Waals surface area contributed by atoms with E-state index in [2.05, 4.69) is 25.8 Å². The molecule has 0 saturated carbocycles. The van der Waals surface area contributed by atoms with Crippen LogP contribution in [0.5, 0.6) is 0 Å². The third-order valence-electron chi connectivity index (χ3n) is 2.05. The van der Waals surface area contributed by atoms with Gasteiger partial charge in [0, 0.05) is 32.9 Å². The molecule has 6 heteroatoms. The fourth-order valence-corrected chi connectivity index (χ4v) is 2.21. The zero-order chi connectivity index (χ0) is 12.0. The molecule has 0 amide bonds. The van der Waals surface area contributed by atoms with E-state index in [4.69, 9.17) is 22.1 Å². The van der Waals surface area contributed by atoms with Crippen molar-refractivity contribution in [3.63, 3.8) is 0 Å². The van der Waals surface area contributed by atoms with Gasteiger partial charge in [0.15, 0.2) is 0 Å². The second-order valence-electron chi connectivity index (χ2n) is 3.23. The molecule has 0 saturated heterocycles. The Hall–Kier alpha value is -0.360. The van der Waals surface area contributed by atoms with Crippen molar-refractivity contribution in [2.45, 2.75) is 0 Å². The minimum atomic E-state index is 0.570. The SMILES string of the molecule is COCCN(CCN)c1ncc(Cl)cc1Br. The average molecular weight is 309 g/mol. The Morgan fingerprint density at radius 2 is 2.31 bits per heavy atom. The molecular weight excluding hydrogens is 293 g/mol. The molecule has 16 heavy (non-hydrogen) atoms. The maximum Gasteiger partial charge on any atom is 0.143 e. The van der Waals surface area contributed by atoms with E-state index in [9.17, 15) is 0 Å². The molecule has 1 heterocycles. The van der Waals surface area contributed by atoms with Crippen molar-refractivity contribution in [1.29, 1.82) is 0 Å². The van der Waals surface area contributed by atoms with E-state index in [-0.39, 0.29) is 0 Å². The maximum absolute atomic E-state index is 5.84. The lowest BCUT2D eigenvalue weighted by atomic mass is 10.4. The zero-order valence-electron chi connectivity index (χ0n) is 9.12. The van der Waals surface area contributed by atoms with Crippen molar-refractivity contribution < 1.29 is 4.74 Å². The lowest BCUT2D eigenvalue weighted by Crippen LogP contribution is -2.33. The fraction of sp³-hybridized carbons (Fsp3) is 0.500. The third kappa shape index (κ3) is 3.90. The van der Waals surface area contributed by atoms with Gasteiger partial charge >= 0.3 is 0 Å². The molecule has 0 aliphatic rings. The summed E-state index contributed by atoms with van der Waals surface area (Å²) in [5.41, 5.74) is 5.57. The average Bonchev–Trinajstić information content (AvgIpc) is 2.25. The Morgan fingerprint density at radius 3 is 2.88 bits per heavy atom. The number of anilines is 1. The molecule has 0 aliphatic heterocycles. The summed E-state index contributed by atoms with van der Waals surface area (Å²) in [5, 5.41) is 0.607. The van der Waals surface area contributed by atoms with Gasteiger partial charge in [0.2, 0.25) is 0 Å². The van der Waals surface area contributed by atoms with E-state index in [1.165, 1.54) is 0 Å². The molecule has 2 N–H and O–H groups in total. The summed E-state index contributed by atoms with van der Waals surface area (Å²) in [6, 6.07) is 1.82. The van der Waals surface area contributed by atoms with Crippen molar-refractivity contribution in [3.8, 4) is 0 Å². The van der Waals surface area contributed by atoms with Gasteiger partial charge in [0.1, 0.15) is 5.82 Å². The summed E-state index contributed by atoms with van der Waals surface area (Å²) in [6.07, 6.45) is 1.62. The maximum atomic E-state index is 5.84. The first-order valence-corrected chi connectivity index (χ1v) is 6.11. The van der Waals surface area contributed by atoms with Gasteiger partial charge in [-0.3, -0.25) is 0 Å². The highest BCUT2D eigenvalue weighted by Gasteiger charge is 2.11. The van der Waals surface area contributed by atoms with Crippen LogP contribution in [0.2, 0.25) is 5.02 Å². The van der Waals surface area contributed by atoms with Crippen LogP contribution in [0.4, 0.5) is 5.82 Å². The summed E-state index contributed by atoms with van der Waals surface area (Å²) in [4.78, 5) is 6.35. The summed E-state index contributed by atoms with van der Waals surface area (Å²) >= 11 is 9.28. The number of nitrogens with zero attached hydrogens (tertiary/aromatic N) is 2. The topological polar surface area (TPSA) is 51.4 Å². The van der Waals surface area contributed by atoms with Crippen molar-refractivity contribution in [3.05, 3.63) is 21.8 Å². The second kappa shape index (κ2) is 7.06. The van der Waals surface area contributed by atoms with Crippen LogP contribution in [0.15, 0.2) is 16.7 Å². The zero-order valence-corrected chi connectivity index (χ0v) is 11.5. The number of halogens is 2. The quantitative estimate of drug-likeness (QED) is 0.872. The van der Waals surface area contributed by atoms with Gasteiger partial charge in [-0.2, -0.15) is 0 Å². The van der Waals surface area contributed by atoms with E-state index in [1.54, 1.807) is 13.3 Å². The molecule has 1 rings (SSSR count). The highest BCUT2D eigenvalue weighted by Crippen LogP contribution is 2.26. The van der Waals surface area contributed by atoms with E-state index in [1.807, 2.05) is 6.07 Å². The van der Waals surface area contributed by atoms with Crippen LogP contribution in [-0.2, 0) is 4.74 Å². The van der Waals surface area contributed by atoms with Gasteiger partial charge in [-0.1, -0.05) is 11.6 Å². The lowest BCUT2D eigenvalue weighted by Gasteiger charge is -2.23. The largest absolute Gasteiger partial charge is 0.383 e. The summed E-state index contributed by atoms with van der Waals surface area (Å²) in [7, 11) is 1.67. The Labute approximate surface area is 109 Å². The van der Waals surface area contributed by atoms with Crippen molar-refractivity contribution >= 4 is 33.3 Å². The third-order valence-corrected chi connectivity index (χ3v) is 2.84. The van der Waals surface area contributed by atoms with Gasteiger partial charge in [0.05, 0.1) is 16.1 Å². The molecule has 0 unspecified atom stereocenters. The van der Waals surface area contributed by atoms with E-state index < -0.39 is 0 Å². The van der Waals surface area contributed by atoms with E-state index in [0.717, 1.165) is 23.4 Å². The number of hydrogen-bond donors (Lipinski definition) is 1. The van der Waals surface area contributed by atoms with Crippen molar-refractivity contribution in [2.24, 2.45) is 5.73 Å². The molecule has 0 aliphatic carbocycles. The van der Waals surface area contributed by atoms with Crippen LogP contribution in [0.1, 0.15) is 0 Å². The second-order valence-corrected chi connectivity index (χ2v) is 4.52. The van der Waals surface area contributed by atoms with Crippen LogP contribution in [0.3, 0.4) is 0 Å². The fourth-order valence-electron chi connectivity index (χ4n) is 1.32. The Kier molecular flexibility index (Phi) is 6.05. The molecule has 0 fully saturated rings. The normalized spacial score (nSPS) is 10.5. The summed E-state index contributed by atoms with van der Waals surface area (Å²) in [5.74, 6) is 0.840. The predicted molar refractivity (Wildman–Crippen MR) is 70.1 cm³/mol. The van der Waals surface area contributed by atoms with Crippen molar-refractivity contribution in [1.82, 2.24) is 4.98 Å². The molecule has 0 radical (unpaired) electrons. The number of aromatic nitrogens is 1. The monoisotopic (exact) mass is 307 g/mol. The molecule has 0 bridgehead atoms. The standard InChI is InChI=1S/C10H15BrClN3O/c1-16-5-4-15(3-2-13)10-9(11)6-8(12)7-14-10/h6-7H,2-5,13H2,1H3. The van der Waals surface area contributed by atoms with Gasteiger partial charge in [0.25, 0.3) is 0 Å². The van der Waals surface area contributed by atoms with Gasteiger partial charge in [-0.25, -0.2) is 4.98 Å². The van der Waals surface area contributed by atoms with Gasteiger partial charge in [-0.05, 0) is 22.0 Å². The number of methoxy groups -OCH3 is 1.